The summed E-state index contributed by atoms with van der Waals surface area (Å²) in [5, 5.41) is 9.03. The lowest BCUT2D eigenvalue weighted by atomic mass is 10.0. The molecule has 0 atom stereocenters. The molecular formula is C28H26N6O. The molecule has 5 aromatic rings. The van der Waals surface area contributed by atoms with E-state index < -0.39 is 0 Å². The van der Waals surface area contributed by atoms with Crippen molar-refractivity contribution < 1.29 is 4.79 Å². The normalized spacial score (nSPS) is 11.0. The molecule has 4 N–H and O–H groups in total. The van der Waals surface area contributed by atoms with Crippen LogP contribution < -0.4 is 16.4 Å². The highest BCUT2D eigenvalue weighted by Gasteiger charge is 2.14. The molecule has 174 valence electrons. The van der Waals surface area contributed by atoms with E-state index in [4.69, 9.17) is 5.73 Å². The Kier molecular flexibility index (Phi) is 5.97. The number of fused-ring (bicyclic) bond motifs is 2. The fraction of sp³-hybridized carbons (Fsp3) is 0.143. The molecule has 0 aliphatic rings. The highest BCUT2D eigenvalue weighted by Crippen LogP contribution is 2.22. The summed E-state index contributed by atoms with van der Waals surface area (Å²) in [7, 11) is 1.76. The lowest BCUT2D eigenvalue weighted by Gasteiger charge is -2.12. The number of hydrogen-bond donors (Lipinski definition) is 3. The van der Waals surface area contributed by atoms with Gasteiger partial charge in [0.1, 0.15) is 11.6 Å². The van der Waals surface area contributed by atoms with Gasteiger partial charge in [0, 0.05) is 42.5 Å². The lowest BCUT2D eigenvalue weighted by Crippen LogP contribution is -2.24. The van der Waals surface area contributed by atoms with E-state index in [-0.39, 0.29) is 5.91 Å². The minimum absolute atomic E-state index is 0.184. The van der Waals surface area contributed by atoms with Crippen LogP contribution in [0.1, 0.15) is 32.7 Å². The molecule has 0 saturated carbocycles. The standard InChI is InChI=1S/C28H26N6O/c1-17-3-6-22-12-18(5-8-25(22)34-17)11-20-14-24(27(30-2)32-16-20)28(35)33-15-19-4-7-23-21(13-19)9-10-31-26(23)29/h3-10,12-14,16H,11,15H2,1-2H3,(H2,29,31)(H,30,32)(H,33,35). The second-order valence-corrected chi connectivity index (χ2v) is 8.58. The van der Waals surface area contributed by atoms with Gasteiger partial charge >= 0.3 is 0 Å². The van der Waals surface area contributed by atoms with Crippen molar-refractivity contribution >= 4 is 39.2 Å². The quantitative estimate of drug-likeness (QED) is 0.340. The molecule has 1 amide bonds. The van der Waals surface area contributed by atoms with Crippen molar-refractivity contribution in [1.82, 2.24) is 20.3 Å². The fourth-order valence-electron chi connectivity index (χ4n) is 4.24. The van der Waals surface area contributed by atoms with Crippen LogP contribution in [0.15, 0.2) is 73.1 Å². The molecule has 3 heterocycles. The minimum Gasteiger partial charge on any atom is -0.383 e. The lowest BCUT2D eigenvalue weighted by molar-refractivity contribution is 0.0951. The topological polar surface area (TPSA) is 106 Å². The molecule has 0 spiro atoms. The molecule has 0 radical (unpaired) electrons. The van der Waals surface area contributed by atoms with Crippen LogP contribution in [0.25, 0.3) is 21.7 Å². The number of carbonyl (C=O) groups is 1. The van der Waals surface area contributed by atoms with Gasteiger partial charge < -0.3 is 16.4 Å². The van der Waals surface area contributed by atoms with Crippen molar-refractivity contribution in [2.75, 3.05) is 18.1 Å². The first-order valence-corrected chi connectivity index (χ1v) is 11.4. The first-order chi connectivity index (χ1) is 17.0. The van der Waals surface area contributed by atoms with E-state index in [1.165, 1.54) is 0 Å². The average molecular weight is 463 g/mol. The fourth-order valence-corrected chi connectivity index (χ4v) is 4.24. The number of nitrogen functional groups attached to an aromatic ring is 1. The molecule has 0 bridgehead atoms. The Morgan fingerprint density at radius 1 is 0.914 bits per heavy atom. The first kappa shape index (κ1) is 22.3. The summed E-state index contributed by atoms with van der Waals surface area (Å²) >= 11 is 0. The molecular weight excluding hydrogens is 436 g/mol. The van der Waals surface area contributed by atoms with Crippen LogP contribution >= 0.6 is 0 Å². The number of anilines is 2. The van der Waals surface area contributed by atoms with Crippen LogP contribution in [0.2, 0.25) is 0 Å². The van der Waals surface area contributed by atoms with Gasteiger partial charge in [-0.25, -0.2) is 9.97 Å². The van der Waals surface area contributed by atoms with Crippen LogP contribution in [0, 0.1) is 6.92 Å². The van der Waals surface area contributed by atoms with Crippen molar-refractivity contribution in [2.24, 2.45) is 0 Å². The molecule has 3 aromatic heterocycles. The number of nitrogens with one attached hydrogen (secondary N) is 2. The zero-order valence-electron chi connectivity index (χ0n) is 19.7. The van der Waals surface area contributed by atoms with Crippen molar-refractivity contribution in [3.63, 3.8) is 0 Å². The zero-order valence-corrected chi connectivity index (χ0v) is 19.7. The van der Waals surface area contributed by atoms with Crippen LogP contribution in [0.5, 0.6) is 0 Å². The number of hydrogen-bond acceptors (Lipinski definition) is 6. The second kappa shape index (κ2) is 9.38. The molecule has 0 aliphatic heterocycles. The van der Waals surface area contributed by atoms with Gasteiger partial charge in [-0.2, -0.15) is 0 Å². The van der Waals surface area contributed by atoms with E-state index in [1.807, 2.05) is 55.6 Å². The van der Waals surface area contributed by atoms with Crippen molar-refractivity contribution in [2.45, 2.75) is 19.9 Å². The Morgan fingerprint density at radius 3 is 2.60 bits per heavy atom. The van der Waals surface area contributed by atoms with Crippen LogP contribution in [0.4, 0.5) is 11.6 Å². The maximum absolute atomic E-state index is 13.1. The molecule has 0 unspecified atom stereocenters. The number of amides is 1. The van der Waals surface area contributed by atoms with E-state index in [2.05, 4.69) is 43.8 Å². The first-order valence-electron chi connectivity index (χ1n) is 11.4. The van der Waals surface area contributed by atoms with Gasteiger partial charge in [0.25, 0.3) is 5.91 Å². The van der Waals surface area contributed by atoms with E-state index in [1.54, 1.807) is 13.2 Å². The monoisotopic (exact) mass is 462 g/mol. The Hall–Kier alpha value is -4.52. The molecule has 0 fully saturated rings. The second-order valence-electron chi connectivity index (χ2n) is 8.58. The number of rotatable bonds is 6. The molecule has 0 saturated heterocycles. The Balaban J connectivity index is 1.34. The van der Waals surface area contributed by atoms with Crippen LogP contribution in [-0.2, 0) is 13.0 Å². The maximum Gasteiger partial charge on any atom is 0.255 e. The highest BCUT2D eigenvalue weighted by atomic mass is 16.1. The van der Waals surface area contributed by atoms with E-state index in [0.717, 1.165) is 44.1 Å². The number of benzene rings is 2. The number of nitrogens with zero attached hydrogens (tertiary/aromatic N) is 3. The molecule has 7 heteroatoms. The third kappa shape index (κ3) is 4.75. The number of nitrogens with two attached hydrogens (primary N) is 1. The van der Waals surface area contributed by atoms with Crippen molar-refractivity contribution in [3.05, 3.63) is 101 Å². The largest absolute Gasteiger partial charge is 0.383 e. The summed E-state index contributed by atoms with van der Waals surface area (Å²) in [6.45, 7) is 2.38. The Bertz CT molecular complexity index is 1560. The van der Waals surface area contributed by atoms with E-state index >= 15 is 0 Å². The molecule has 5 rings (SSSR count). The van der Waals surface area contributed by atoms with Gasteiger partial charge in [0.05, 0.1) is 11.1 Å². The average Bonchev–Trinajstić information content (AvgIpc) is 2.87. The van der Waals surface area contributed by atoms with Crippen molar-refractivity contribution in [1.29, 1.82) is 0 Å². The van der Waals surface area contributed by atoms with Gasteiger partial charge in [0.2, 0.25) is 0 Å². The number of pyridine rings is 3. The third-order valence-corrected chi connectivity index (χ3v) is 6.04. The Labute approximate surface area is 203 Å². The van der Waals surface area contributed by atoms with Gasteiger partial charge in [0.15, 0.2) is 0 Å². The number of aromatic nitrogens is 3. The minimum atomic E-state index is -0.184. The van der Waals surface area contributed by atoms with Gasteiger partial charge in [-0.3, -0.25) is 9.78 Å². The summed E-state index contributed by atoms with van der Waals surface area (Å²) < 4.78 is 0. The Morgan fingerprint density at radius 2 is 1.74 bits per heavy atom. The number of carbonyl (C=O) groups excluding carboxylic acids is 1. The summed E-state index contributed by atoms with van der Waals surface area (Å²) in [5.41, 5.74) is 11.5. The third-order valence-electron chi connectivity index (χ3n) is 6.04. The number of aryl methyl sites for hydroxylation is 1. The van der Waals surface area contributed by atoms with Gasteiger partial charge in [-0.15, -0.1) is 0 Å². The summed E-state index contributed by atoms with van der Waals surface area (Å²) in [5.74, 6) is 0.857. The van der Waals surface area contributed by atoms with Crippen LogP contribution in [-0.4, -0.2) is 27.9 Å². The maximum atomic E-state index is 13.1. The smallest absolute Gasteiger partial charge is 0.255 e. The zero-order chi connectivity index (χ0) is 24.4. The summed E-state index contributed by atoms with van der Waals surface area (Å²) in [6.07, 6.45) is 4.16. The van der Waals surface area contributed by atoms with E-state index in [9.17, 15) is 4.79 Å². The van der Waals surface area contributed by atoms with Crippen molar-refractivity contribution in [3.8, 4) is 0 Å². The van der Waals surface area contributed by atoms with Gasteiger partial charge in [-0.1, -0.05) is 24.3 Å². The van der Waals surface area contributed by atoms with Crippen LogP contribution in [0.3, 0.4) is 0 Å². The van der Waals surface area contributed by atoms with Gasteiger partial charge in [-0.05, 0) is 71.8 Å². The predicted molar refractivity (Wildman–Crippen MR) is 140 cm³/mol. The molecule has 0 aliphatic carbocycles. The molecule has 7 nitrogen and oxygen atoms in total. The molecule has 2 aromatic carbocycles. The van der Waals surface area contributed by atoms with E-state index in [0.29, 0.717) is 30.2 Å². The summed E-state index contributed by atoms with van der Waals surface area (Å²) in [4.78, 5) is 26.3. The summed E-state index contributed by atoms with van der Waals surface area (Å²) in [6, 6.07) is 20.0. The SMILES string of the molecule is CNc1ncc(Cc2ccc3nc(C)ccc3c2)cc1C(=O)NCc1ccc2c(N)nccc2c1. The molecule has 35 heavy (non-hydrogen) atoms. The highest BCUT2D eigenvalue weighted by molar-refractivity contribution is 5.99. The predicted octanol–water partition coefficient (Wildman–Crippen LogP) is 4.63.